The molecule has 0 spiro atoms. The van der Waals surface area contributed by atoms with Crippen molar-refractivity contribution < 1.29 is 14.6 Å². The lowest BCUT2D eigenvalue weighted by Crippen LogP contribution is -2.17. The highest BCUT2D eigenvalue weighted by Gasteiger charge is 2.19. The topological polar surface area (TPSA) is 38.7 Å². The van der Waals surface area contributed by atoms with Gasteiger partial charge >= 0.3 is 0 Å². The number of hydrogen-bond donors (Lipinski definition) is 1. The van der Waals surface area contributed by atoms with E-state index in [1.165, 1.54) is 0 Å². The largest absolute Gasteiger partial charge is 0.486 e. The van der Waals surface area contributed by atoms with Crippen molar-refractivity contribution in [3.8, 4) is 23.8 Å². The molecule has 0 radical (unpaired) electrons. The van der Waals surface area contributed by atoms with Gasteiger partial charge in [-0.3, -0.25) is 0 Å². The Balaban J connectivity index is 2.23. The van der Waals surface area contributed by atoms with Crippen LogP contribution in [0.1, 0.15) is 24.5 Å². The first-order valence-electron chi connectivity index (χ1n) is 5.33. The summed E-state index contributed by atoms with van der Waals surface area (Å²) in [5.74, 6) is 3.87. The van der Waals surface area contributed by atoms with Crippen molar-refractivity contribution in [2.75, 3.05) is 13.2 Å². The van der Waals surface area contributed by atoms with Gasteiger partial charge in [-0.15, -0.1) is 12.3 Å². The van der Waals surface area contributed by atoms with Crippen molar-refractivity contribution >= 4 is 0 Å². The molecule has 1 aromatic rings. The molecule has 1 aromatic carbocycles. The summed E-state index contributed by atoms with van der Waals surface area (Å²) in [6.45, 7) is 1.07. The van der Waals surface area contributed by atoms with Crippen molar-refractivity contribution in [2.45, 2.75) is 18.9 Å². The highest BCUT2D eigenvalue weighted by molar-refractivity contribution is 5.48. The minimum Gasteiger partial charge on any atom is -0.486 e. The predicted octanol–water partition coefficient (Wildman–Crippen LogP) is 1.90. The molecule has 1 heterocycles. The third kappa shape index (κ3) is 2.12. The maximum Gasteiger partial charge on any atom is 0.167 e. The minimum absolute atomic E-state index is 0.520. The van der Waals surface area contributed by atoms with Gasteiger partial charge in [0, 0.05) is 12.0 Å². The smallest absolute Gasteiger partial charge is 0.167 e. The van der Waals surface area contributed by atoms with E-state index in [1.807, 2.05) is 18.2 Å². The zero-order chi connectivity index (χ0) is 11.4. The first-order chi connectivity index (χ1) is 7.83. The number of rotatable bonds is 3. The third-order valence-corrected chi connectivity index (χ3v) is 2.52. The van der Waals surface area contributed by atoms with Crippen LogP contribution in [0.2, 0.25) is 0 Å². The standard InChI is InChI=1S/C13H14O3/c1-2-3-6-11(14)10-5-4-7-12-13(10)16-9-8-15-12/h1,4-5,7,11,14H,3,6,8-9H2. The summed E-state index contributed by atoms with van der Waals surface area (Å²) in [5, 5.41) is 9.98. The second-order valence-corrected chi connectivity index (χ2v) is 3.63. The molecule has 16 heavy (non-hydrogen) atoms. The van der Waals surface area contributed by atoms with E-state index in [0.29, 0.717) is 37.6 Å². The normalized spacial score (nSPS) is 15.2. The Kier molecular flexibility index (Phi) is 3.33. The Morgan fingerprint density at radius 3 is 3.00 bits per heavy atom. The van der Waals surface area contributed by atoms with Crippen LogP contribution >= 0.6 is 0 Å². The second kappa shape index (κ2) is 4.91. The van der Waals surface area contributed by atoms with E-state index in [0.717, 1.165) is 5.56 Å². The summed E-state index contributed by atoms with van der Waals surface area (Å²) in [4.78, 5) is 0. The van der Waals surface area contributed by atoms with Crippen molar-refractivity contribution in [2.24, 2.45) is 0 Å². The van der Waals surface area contributed by atoms with E-state index in [4.69, 9.17) is 15.9 Å². The van der Waals surface area contributed by atoms with E-state index in [9.17, 15) is 5.11 Å². The maximum atomic E-state index is 9.98. The molecule has 3 heteroatoms. The summed E-state index contributed by atoms with van der Waals surface area (Å²) in [7, 11) is 0. The molecular formula is C13H14O3. The van der Waals surface area contributed by atoms with Crippen LogP contribution < -0.4 is 9.47 Å². The molecule has 84 valence electrons. The summed E-state index contributed by atoms with van der Waals surface area (Å²) >= 11 is 0. The van der Waals surface area contributed by atoms with Crippen molar-refractivity contribution in [1.29, 1.82) is 0 Å². The number of aliphatic hydroxyl groups is 1. The summed E-state index contributed by atoms with van der Waals surface area (Å²) < 4.78 is 11.0. The molecule has 1 aliphatic heterocycles. The number of hydrogen-bond acceptors (Lipinski definition) is 3. The molecule has 0 saturated carbocycles. The van der Waals surface area contributed by atoms with Gasteiger partial charge in [0.2, 0.25) is 0 Å². The fourth-order valence-electron chi connectivity index (χ4n) is 1.73. The first-order valence-corrected chi connectivity index (χ1v) is 5.33. The van der Waals surface area contributed by atoms with Gasteiger partial charge in [0.1, 0.15) is 13.2 Å². The molecule has 0 aromatic heterocycles. The summed E-state index contributed by atoms with van der Waals surface area (Å²) in [6.07, 6.45) is 5.67. The number of aliphatic hydroxyl groups excluding tert-OH is 1. The molecular weight excluding hydrogens is 204 g/mol. The van der Waals surface area contributed by atoms with Gasteiger partial charge in [-0.1, -0.05) is 12.1 Å². The van der Waals surface area contributed by atoms with Crippen molar-refractivity contribution in [1.82, 2.24) is 0 Å². The Labute approximate surface area is 95.0 Å². The minimum atomic E-state index is -0.590. The molecule has 1 atom stereocenters. The van der Waals surface area contributed by atoms with E-state index < -0.39 is 6.10 Å². The van der Waals surface area contributed by atoms with Gasteiger partial charge in [0.25, 0.3) is 0 Å². The van der Waals surface area contributed by atoms with E-state index in [-0.39, 0.29) is 0 Å². The predicted molar refractivity (Wildman–Crippen MR) is 60.5 cm³/mol. The molecule has 0 amide bonds. The zero-order valence-electron chi connectivity index (χ0n) is 8.98. The lowest BCUT2D eigenvalue weighted by atomic mass is 10.0. The lowest BCUT2D eigenvalue weighted by Gasteiger charge is -2.22. The fraction of sp³-hybridized carbons (Fsp3) is 0.385. The second-order valence-electron chi connectivity index (χ2n) is 3.63. The zero-order valence-corrected chi connectivity index (χ0v) is 8.98. The van der Waals surface area contributed by atoms with Gasteiger partial charge in [-0.25, -0.2) is 0 Å². The number of fused-ring (bicyclic) bond motifs is 1. The highest BCUT2D eigenvalue weighted by atomic mass is 16.6. The highest BCUT2D eigenvalue weighted by Crippen LogP contribution is 2.37. The van der Waals surface area contributed by atoms with Crippen molar-refractivity contribution in [3.63, 3.8) is 0 Å². The Bertz CT molecular complexity index is 406. The molecule has 1 N–H and O–H groups in total. The molecule has 1 unspecified atom stereocenters. The molecule has 1 aliphatic rings. The molecule has 0 bridgehead atoms. The quantitative estimate of drug-likeness (QED) is 0.787. The molecule has 2 rings (SSSR count). The van der Waals surface area contributed by atoms with Crippen LogP contribution in [0, 0.1) is 12.3 Å². The Hall–Kier alpha value is -1.66. The summed E-state index contributed by atoms with van der Waals surface area (Å²) in [6, 6.07) is 5.53. The monoisotopic (exact) mass is 218 g/mol. The van der Waals surface area contributed by atoms with Gasteiger partial charge in [0.05, 0.1) is 6.10 Å². The van der Waals surface area contributed by atoms with Crippen LogP contribution in [-0.2, 0) is 0 Å². The Morgan fingerprint density at radius 2 is 2.19 bits per heavy atom. The van der Waals surface area contributed by atoms with Gasteiger partial charge < -0.3 is 14.6 Å². The van der Waals surface area contributed by atoms with E-state index in [2.05, 4.69) is 5.92 Å². The van der Waals surface area contributed by atoms with Crippen LogP contribution in [-0.4, -0.2) is 18.3 Å². The molecule has 0 saturated heterocycles. The molecule has 3 nitrogen and oxygen atoms in total. The number of ether oxygens (including phenoxy) is 2. The first kappa shape index (κ1) is 10.8. The van der Waals surface area contributed by atoms with Crippen LogP contribution in [0.5, 0.6) is 11.5 Å². The van der Waals surface area contributed by atoms with E-state index >= 15 is 0 Å². The van der Waals surface area contributed by atoms with Gasteiger partial charge in [-0.2, -0.15) is 0 Å². The maximum absolute atomic E-state index is 9.98. The van der Waals surface area contributed by atoms with Gasteiger partial charge in [-0.05, 0) is 12.5 Å². The SMILES string of the molecule is C#CCCC(O)c1cccc2c1OCCO2. The molecule has 0 aliphatic carbocycles. The number of para-hydroxylation sites is 1. The Morgan fingerprint density at radius 1 is 1.38 bits per heavy atom. The average Bonchev–Trinajstić information content (AvgIpc) is 2.35. The van der Waals surface area contributed by atoms with Crippen LogP contribution in [0.15, 0.2) is 18.2 Å². The van der Waals surface area contributed by atoms with Gasteiger partial charge in [0.15, 0.2) is 11.5 Å². The van der Waals surface area contributed by atoms with Crippen LogP contribution in [0.4, 0.5) is 0 Å². The summed E-state index contributed by atoms with van der Waals surface area (Å²) in [5.41, 5.74) is 0.757. The molecule has 0 fully saturated rings. The average molecular weight is 218 g/mol. The van der Waals surface area contributed by atoms with Crippen molar-refractivity contribution in [3.05, 3.63) is 23.8 Å². The van der Waals surface area contributed by atoms with Crippen LogP contribution in [0.25, 0.3) is 0 Å². The lowest BCUT2D eigenvalue weighted by molar-refractivity contribution is 0.142. The van der Waals surface area contributed by atoms with Crippen LogP contribution in [0.3, 0.4) is 0 Å². The fourth-order valence-corrected chi connectivity index (χ4v) is 1.73. The third-order valence-electron chi connectivity index (χ3n) is 2.52. The number of benzene rings is 1. The van der Waals surface area contributed by atoms with E-state index in [1.54, 1.807) is 0 Å². The number of terminal acetylenes is 1.